The second kappa shape index (κ2) is 5.14. The van der Waals surface area contributed by atoms with Gasteiger partial charge in [0.05, 0.1) is 6.04 Å². The largest absolute Gasteiger partial charge is 0.491 e. The molecule has 2 aliphatic rings. The molecule has 104 valence electrons. The second-order valence-corrected chi connectivity index (χ2v) is 6.03. The van der Waals surface area contributed by atoms with Gasteiger partial charge in [0, 0.05) is 24.2 Å². The van der Waals surface area contributed by atoms with E-state index in [2.05, 4.69) is 48.3 Å². The van der Waals surface area contributed by atoms with Crippen molar-refractivity contribution in [3.05, 3.63) is 29.8 Å². The van der Waals surface area contributed by atoms with E-state index < -0.39 is 0 Å². The van der Waals surface area contributed by atoms with Crippen LogP contribution in [0.3, 0.4) is 0 Å². The van der Waals surface area contributed by atoms with Crippen LogP contribution in [0.25, 0.3) is 0 Å². The van der Waals surface area contributed by atoms with Crippen LogP contribution in [0.5, 0.6) is 5.75 Å². The molecule has 0 spiro atoms. The molecule has 1 N–H and O–H groups in total. The molecule has 1 aromatic rings. The molecule has 3 heteroatoms. The molecule has 1 aromatic carbocycles. The molecule has 2 atom stereocenters. The number of hydrogen-bond donors (Lipinski definition) is 1. The molecule has 0 aliphatic carbocycles. The summed E-state index contributed by atoms with van der Waals surface area (Å²) in [4.78, 5) is 2.61. The van der Waals surface area contributed by atoms with E-state index in [1.54, 1.807) is 0 Å². The number of para-hydroxylation sites is 1. The summed E-state index contributed by atoms with van der Waals surface area (Å²) in [6, 6.07) is 8.91. The fraction of sp³-hybridized carbons (Fsp3) is 0.625. The Hall–Kier alpha value is -1.06. The Morgan fingerprint density at radius 1 is 1.42 bits per heavy atom. The van der Waals surface area contributed by atoms with Gasteiger partial charge in [-0.15, -0.1) is 0 Å². The van der Waals surface area contributed by atoms with Crippen molar-refractivity contribution in [1.82, 2.24) is 10.2 Å². The maximum Gasteiger partial charge on any atom is 0.124 e. The number of nitrogens with one attached hydrogen (secondary N) is 1. The van der Waals surface area contributed by atoms with Gasteiger partial charge < -0.3 is 10.1 Å². The van der Waals surface area contributed by atoms with E-state index >= 15 is 0 Å². The summed E-state index contributed by atoms with van der Waals surface area (Å²) in [6.45, 7) is 8.80. The van der Waals surface area contributed by atoms with Gasteiger partial charge in [0.25, 0.3) is 0 Å². The number of benzene rings is 1. The fourth-order valence-corrected chi connectivity index (χ4v) is 3.21. The number of fused-ring (bicyclic) bond motifs is 1. The maximum atomic E-state index is 5.84. The van der Waals surface area contributed by atoms with Crippen LogP contribution in [-0.4, -0.2) is 36.7 Å². The zero-order chi connectivity index (χ0) is 13.3. The molecule has 0 saturated carbocycles. The molecule has 2 heterocycles. The first-order chi connectivity index (χ1) is 9.22. The molecule has 3 nitrogen and oxygen atoms in total. The van der Waals surface area contributed by atoms with Gasteiger partial charge in [0.2, 0.25) is 0 Å². The van der Waals surface area contributed by atoms with Crippen LogP contribution in [0.2, 0.25) is 0 Å². The summed E-state index contributed by atoms with van der Waals surface area (Å²) in [7, 11) is 0. The summed E-state index contributed by atoms with van der Waals surface area (Å²) in [5, 5.41) is 3.70. The highest BCUT2D eigenvalue weighted by Gasteiger charge is 2.35. The van der Waals surface area contributed by atoms with E-state index in [9.17, 15) is 0 Å². The molecule has 0 aromatic heterocycles. The normalized spacial score (nSPS) is 31.6. The number of nitrogens with zero attached hydrogens (tertiary/aromatic N) is 1. The van der Waals surface area contributed by atoms with Gasteiger partial charge >= 0.3 is 0 Å². The van der Waals surface area contributed by atoms with Crippen molar-refractivity contribution in [2.24, 2.45) is 0 Å². The summed E-state index contributed by atoms with van der Waals surface area (Å²) in [5.74, 6) is 1.07. The third kappa shape index (κ3) is 2.49. The minimum absolute atomic E-state index is 0.230. The lowest BCUT2D eigenvalue weighted by molar-refractivity contribution is 0.136. The van der Waals surface area contributed by atoms with Gasteiger partial charge in [-0.05, 0) is 32.4 Å². The molecule has 3 rings (SSSR count). The molecule has 2 unspecified atom stereocenters. The molecule has 19 heavy (non-hydrogen) atoms. The van der Waals surface area contributed by atoms with Gasteiger partial charge in [0.15, 0.2) is 0 Å². The van der Waals surface area contributed by atoms with E-state index in [1.807, 2.05) is 0 Å². The average Bonchev–Trinajstić information content (AvgIpc) is 2.76. The molecular formula is C16H24N2O. The molecule has 0 bridgehead atoms. The highest BCUT2D eigenvalue weighted by molar-refractivity contribution is 5.39. The van der Waals surface area contributed by atoms with Crippen molar-refractivity contribution < 1.29 is 4.74 Å². The Morgan fingerprint density at radius 3 is 3.11 bits per heavy atom. The first kappa shape index (κ1) is 12.9. The van der Waals surface area contributed by atoms with Crippen molar-refractivity contribution in [3.63, 3.8) is 0 Å². The monoisotopic (exact) mass is 260 g/mol. The number of ether oxygens (including phenoxy) is 1. The third-order valence-electron chi connectivity index (χ3n) is 4.62. The summed E-state index contributed by atoms with van der Waals surface area (Å²) < 4.78 is 5.84. The van der Waals surface area contributed by atoms with Crippen molar-refractivity contribution in [2.45, 2.75) is 38.3 Å². The Morgan fingerprint density at radius 2 is 2.26 bits per heavy atom. The first-order valence-corrected chi connectivity index (χ1v) is 7.43. The van der Waals surface area contributed by atoms with Crippen molar-refractivity contribution >= 4 is 0 Å². The first-order valence-electron chi connectivity index (χ1n) is 7.43. The highest BCUT2D eigenvalue weighted by Crippen LogP contribution is 2.37. The Balaban J connectivity index is 1.82. The zero-order valence-corrected chi connectivity index (χ0v) is 12.0. The highest BCUT2D eigenvalue weighted by atomic mass is 16.5. The number of hydrogen-bond acceptors (Lipinski definition) is 3. The van der Waals surface area contributed by atoms with E-state index in [-0.39, 0.29) is 5.54 Å². The standard InChI is InChI=1S/C16H24N2O/c1-3-16(2)12-18(10-6-9-17-16)14-11-19-15-8-5-4-7-13(14)15/h4-5,7-8,14,17H,3,6,9-12H2,1-2H3. The Bertz CT molecular complexity index is 448. The van der Waals surface area contributed by atoms with E-state index in [4.69, 9.17) is 4.74 Å². The van der Waals surface area contributed by atoms with E-state index in [0.717, 1.165) is 32.0 Å². The maximum absolute atomic E-state index is 5.84. The minimum Gasteiger partial charge on any atom is -0.491 e. The van der Waals surface area contributed by atoms with E-state index in [1.165, 1.54) is 18.4 Å². The topological polar surface area (TPSA) is 24.5 Å². The quantitative estimate of drug-likeness (QED) is 0.884. The van der Waals surface area contributed by atoms with Gasteiger partial charge in [-0.1, -0.05) is 25.1 Å². The average molecular weight is 260 g/mol. The van der Waals surface area contributed by atoms with Crippen LogP contribution in [0.15, 0.2) is 24.3 Å². The lowest BCUT2D eigenvalue weighted by Gasteiger charge is -2.35. The Kier molecular flexibility index (Phi) is 3.50. The molecule has 2 aliphatic heterocycles. The van der Waals surface area contributed by atoms with Crippen molar-refractivity contribution in [1.29, 1.82) is 0 Å². The van der Waals surface area contributed by atoms with Crippen LogP contribution in [0.4, 0.5) is 0 Å². The smallest absolute Gasteiger partial charge is 0.124 e. The van der Waals surface area contributed by atoms with Crippen molar-refractivity contribution in [3.8, 4) is 5.75 Å². The van der Waals surface area contributed by atoms with Gasteiger partial charge in [-0.2, -0.15) is 0 Å². The Labute approximate surface area is 115 Å². The van der Waals surface area contributed by atoms with E-state index in [0.29, 0.717) is 6.04 Å². The molecule has 0 amide bonds. The lowest BCUT2D eigenvalue weighted by atomic mass is 9.97. The van der Waals surface area contributed by atoms with Crippen LogP contribution >= 0.6 is 0 Å². The molecular weight excluding hydrogens is 236 g/mol. The predicted octanol–water partition coefficient (Wildman–Crippen LogP) is 2.58. The van der Waals surface area contributed by atoms with Crippen molar-refractivity contribution in [2.75, 3.05) is 26.2 Å². The lowest BCUT2D eigenvalue weighted by Crippen LogP contribution is -2.49. The van der Waals surface area contributed by atoms with Crippen LogP contribution in [0.1, 0.15) is 38.3 Å². The number of rotatable bonds is 2. The predicted molar refractivity (Wildman–Crippen MR) is 77.6 cm³/mol. The SMILES string of the molecule is CCC1(C)CN(C2COc3ccccc32)CCCN1. The minimum atomic E-state index is 0.230. The summed E-state index contributed by atoms with van der Waals surface area (Å²) in [5.41, 5.74) is 1.59. The van der Waals surface area contributed by atoms with Gasteiger partial charge in [-0.3, -0.25) is 4.90 Å². The van der Waals surface area contributed by atoms with Crippen LogP contribution < -0.4 is 10.1 Å². The van der Waals surface area contributed by atoms with Gasteiger partial charge in [0.1, 0.15) is 12.4 Å². The molecule has 1 saturated heterocycles. The second-order valence-electron chi connectivity index (χ2n) is 6.03. The zero-order valence-electron chi connectivity index (χ0n) is 12.0. The molecule has 1 fully saturated rings. The van der Waals surface area contributed by atoms with Crippen LogP contribution in [-0.2, 0) is 0 Å². The fourth-order valence-electron chi connectivity index (χ4n) is 3.21. The van der Waals surface area contributed by atoms with Gasteiger partial charge in [-0.25, -0.2) is 0 Å². The summed E-state index contributed by atoms with van der Waals surface area (Å²) in [6.07, 6.45) is 2.38. The third-order valence-corrected chi connectivity index (χ3v) is 4.62. The van der Waals surface area contributed by atoms with Crippen LogP contribution in [0, 0.1) is 0 Å². The molecule has 0 radical (unpaired) electrons. The summed E-state index contributed by atoms with van der Waals surface area (Å²) >= 11 is 0.